The van der Waals surface area contributed by atoms with E-state index in [1.807, 2.05) is 49.2 Å². The number of hydrogen-bond donors (Lipinski definition) is 0. The Morgan fingerprint density at radius 3 is 2.62 bits per heavy atom. The van der Waals surface area contributed by atoms with Gasteiger partial charge in [0.1, 0.15) is 11.5 Å². The number of nitro benzene ring substituents is 1. The molecular formula is C18H16N2O4. The molecule has 2 aliphatic rings. The number of non-ortho nitro benzene ring substituents is 1. The van der Waals surface area contributed by atoms with E-state index < -0.39 is 10.8 Å². The molecule has 0 amide bonds. The van der Waals surface area contributed by atoms with Crippen LogP contribution in [0.1, 0.15) is 18.9 Å². The molecule has 1 unspecified atom stereocenters. The van der Waals surface area contributed by atoms with Gasteiger partial charge in [-0.25, -0.2) is 0 Å². The van der Waals surface area contributed by atoms with Gasteiger partial charge in [-0.2, -0.15) is 0 Å². The van der Waals surface area contributed by atoms with Gasteiger partial charge in [0.25, 0.3) is 5.69 Å². The van der Waals surface area contributed by atoms with Crippen LogP contribution in [0.5, 0.6) is 11.5 Å². The van der Waals surface area contributed by atoms with E-state index in [0.717, 1.165) is 17.0 Å². The van der Waals surface area contributed by atoms with Gasteiger partial charge in [-0.1, -0.05) is 19.1 Å². The number of nitro groups is 1. The summed E-state index contributed by atoms with van der Waals surface area (Å²) in [6, 6.07) is 12.3. The van der Waals surface area contributed by atoms with Gasteiger partial charge in [-0.3, -0.25) is 15.0 Å². The number of fused-ring (bicyclic) bond motifs is 2. The number of para-hydroxylation sites is 2. The number of likely N-dealkylation sites (N-methyl/N-ethyl adjacent to an activating group) is 1. The molecule has 2 aromatic carbocycles. The molecule has 4 rings (SSSR count). The van der Waals surface area contributed by atoms with Gasteiger partial charge in [0.05, 0.1) is 10.6 Å². The zero-order valence-corrected chi connectivity index (χ0v) is 13.4. The predicted octanol–water partition coefficient (Wildman–Crippen LogP) is 3.96. The van der Waals surface area contributed by atoms with Crippen LogP contribution >= 0.6 is 0 Å². The van der Waals surface area contributed by atoms with Gasteiger partial charge in [0.15, 0.2) is 0 Å². The van der Waals surface area contributed by atoms with Crippen molar-refractivity contribution in [2.45, 2.75) is 19.3 Å². The molecule has 2 heterocycles. The predicted molar refractivity (Wildman–Crippen MR) is 90.2 cm³/mol. The van der Waals surface area contributed by atoms with Crippen LogP contribution in [0.2, 0.25) is 0 Å². The molecule has 0 radical (unpaired) electrons. The second kappa shape index (κ2) is 4.99. The van der Waals surface area contributed by atoms with Crippen molar-refractivity contribution in [1.82, 2.24) is 0 Å². The van der Waals surface area contributed by atoms with Crippen molar-refractivity contribution in [3.05, 3.63) is 63.7 Å². The zero-order chi connectivity index (χ0) is 16.9. The molecule has 0 saturated carbocycles. The Labute approximate surface area is 139 Å². The van der Waals surface area contributed by atoms with E-state index in [0.29, 0.717) is 17.7 Å². The molecule has 1 atom stereocenters. The monoisotopic (exact) mass is 324 g/mol. The van der Waals surface area contributed by atoms with Gasteiger partial charge < -0.3 is 9.47 Å². The second-order valence-corrected chi connectivity index (χ2v) is 5.82. The van der Waals surface area contributed by atoms with Crippen molar-refractivity contribution in [3.8, 4) is 11.5 Å². The molecule has 0 N–H and O–H groups in total. The summed E-state index contributed by atoms with van der Waals surface area (Å²) in [6.45, 7) is 2.01. The molecule has 6 heteroatoms. The maximum Gasteiger partial charge on any atom is 0.363 e. The minimum Gasteiger partial charge on any atom is -0.431 e. The molecule has 0 aliphatic carbocycles. The molecule has 0 bridgehead atoms. The average Bonchev–Trinajstić information content (AvgIpc) is 2.87. The number of benzene rings is 2. The highest BCUT2D eigenvalue weighted by Crippen LogP contribution is 2.49. The highest BCUT2D eigenvalue weighted by atomic mass is 16.7. The molecule has 0 aromatic heterocycles. The number of hydrogen-bond acceptors (Lipinski definition) is 5. The maximum atomic E-state index is 11.0. The molecule has 24 heavy (non-hydrogen) atoms. The number of nitrogens with zero attached hydrogens (tertiary/aromatic N) is 2. The van der Waals surface area contributed by atoms with Crippen LogP contribution in [0.4, 0.5) is 11.4 Å². The van der Waals surface area contributed by atoms with Crippen molar-refractivity contribution in [2.75, 3.05) is 11.9 Å². The summed E-state index contributed by atoms with van der Waals surface area (Å²) in [7, 11) is 1.92. The van der Waals surface area contributed by atoms with Gasteiger partial charge in [-0.05, 0) is 30.7 Å². The Hall–Kier alpha value is -3.02. The third-order valence-corrected chi connectivity index (χ3v) is 4.49. The Morgan fingerprint density at radius 1 is 1.17 bits per heavy atom. The van der Waals surface area contributed by atoms with Crippen LogP contribution in [0, 0.1) is 10.1 Å². The van der Waals surface area contributed by atoms with Crippen molar-refractivity contribution in [3.63, 3.8) is 0 Å². The lowest BCUT2D eigenvalue weighted by molar-refractivity contribution is -0.384. The van der Waals surface area contributed by atoms with E-state index in [1.54, 1.807) is 6.07 Å². The standard InChI is InChI=1S/C18H16N2O4/c1-3-13-10-12-11-14(20(21)22)8-9-16(12)23-18(13)19(2)15-6-4-5-7-17(15)24-18/h4-11H,3H2,1-2H3. The molecular weight excluding hydrogens is 308 g/mol. The summed E-state index contributed by atoms with van der Waals surface area (Å²) in [5, 5.41) is 11.0. The minimum atomic E-state index is -1.04. The molecule has 0 fully saturated rings. The van der Waals surface area contributed by atoms with E-state index in [2.05, 4.69) is 0 Å². The van der Waals surface area contributed by atoms with Gasteiger partial charge in [0, 0.05) is 30.3 Å². The van der Waals surface area contributed by atoms with E-state index >= 15 is 0 Å². The van der Waals surface area contributed by atoms with Crippen molar-refractivity contribution in [2.24, 2.45) is 0 Å². The van der Waals surface area contributed by atoms with E-state index in [9.17, 15) is 10.1 Å². The van der Waals surface area contributed by atoms with Crippen LogP contribution in [0.3, 0.4) is 0 Å². The van der Waals surface area contributed by atoms with Gasteiger partial charge in [0.2, 0.25) is 0 Å². The maximum absolute atomic E-state index is 11.0. The normalized spacial score (nSPS) is 20.8. The number of ether oxygens (including phenoxy) is 2. The van der Waals surface area contributed by atoms with Crippen LogP contribution in [-0.2, 0) is 0 Å². The van der Waals surface area contributed by atoms with Crippen LogP contribution < -0.4 is 14.4 Å². The fourth-order valence-electron chi connectivity index (χ4n) is 3.24. The fourth-order valence-corrected chi connectivity index (χ4v) is 3.24. The number of rotatable bonds is 2. The highest BCUT2D eigenvalue weighted by molar-refractivity contribution is 5.72. The molecule has 0 saturated heterocycles. The smallest absolute Gasteiger partial charge is 0.363 e. The first-order valence-corrected chi connectivity index (χ1v) is 7.75. The first kappa shape index (κ1) is 14.6. The summed E-state index contributed by atoms with van der Waals surface area (Å²) in [5.74, 6) is 0.281. The summed E-state index contributed by atoms with van der Waals surface area (Å²) in [4.78, 5) is 12.6. The molecule has 2 aliphatic heterocycles. The fraction of sp³-hybridized carbons (Fsp3) is 0.222. The van der Waals surface area contributed by atoms with Crippen LogP contribution in [0.25, 0.3) is 6.08 Å². The Balaban J connectivity index is 1.83. The lowest BCUT2D eigenvalue weighted by Crippen LogP contribution is -2.55. The zero-order valence-electron chi connectivity index (χ0n) is 13.4. The molecule has 1 spiro atoms. The third-order valence-electron chi connectivity index (χ3n) is 4.49. The molecule has 2 aromatic rings. The van der Waals surface area contributed by atoms with E-state index in [4.69, 9.17) is 9.47 Å². The SMILES string of the molecule is CCC1=Cc2cc([N+](=O)[O-])ccc2OC12Oc1ccccc1N2C. The van der Waals surface area contributed by atoms with Gasteiger partial charge in [-0.15, -0.1) is 0 Å². The van der Waals surface area contributed by atoms with Crippen molar-refractivity contribution >= 4 is 17.5 Å². The van der Waals surface area contributed by atoms with Crippen molar-refractivity contribution in [1.29, 1.82) is 0 Å². The minimum absolute atomic E-state index is 0.0454. The lowest BCUT2D eigenvalue weighted by atomic mass is 10.0. The first-order chi connectivity index (χ1) is 11.5. The largest absolute Gasteiger partial charge is 0.431 e. The summed E-state index contributed by atoms with van der Waals surface area (Å²) in [5.41, 5.74) is 2.60. The Kier molecular flexibility index (Phi) is 3.03. The third kappa shape index (κ3) is 1.89. The van der Waals surface area contributed by atoms with Crippen LogP contribution in [-0.4, -0.2) is 17.9 Å². The summed E-state index contributed by atoms with van der Waals surface area (Å²) < 4.78 is 12.4. The van der Waals surface area contributed by atoms with Gasteiger partial charge >= 0.3 is 5.91 Å². The highest BCUT2D eigenvalue weighted by Gasteiger charge is 2.51. The molecule has 122 valence electrons. The number of anilines is 1. The topological polar surface area (TPSA) is 64.8 Å². The Bertz CT molecular complexity index is 877. The summed E-state index contributed by atoms with van der Waals surface area (Å²) >= 11 is 0. The quantitative estimate of drug-likeness (QED) is 0.618. The summed E-state index contributed by atoms with van der Waals surface area (Å²) in [6.07, 6.45) is 2.62. The molecule has 6 nitrogen and oxygen atoms in total. The first-order valence-electron chi connectivity index (χ1n) is 7.75. The second-order valence-electron chi connectivity index (χ2n) is 5.82. The lowest BCUT2D eigenvalue weighted by Gasteiger charge is -2.39. The van der Waals surface area contributed by atoms with E-state index in [1.165, 1.54) is 12.1 Å². The van der Waals surface area contributed by atoms with E-state index in [-0.39, 0.29) is 5.69 Å². The van der Waals surface area contributed by atoms with Crippen LogP contribution in [0.15, 0.2) is 48.0 Å². The van der Waals surface area contributed by atoms with Crippen molar-refractivity contribution < 1.29 is 14.4 Å². The average molecular weight is 324 g/mol. The Morgan fingerprint density at radius 2 is 1.92 bits per heavy atom.